The van der Waals surface area contributed by atoms with E-state index in [1.807, 2.05) is 11.0 Å². The molecule has 1 fully saturated rings. The molecule has 2 aromatic carbocycles. The molecule has 2 heterocycles. The summed E-state index contributed by atoms with van der Waals surface area (Å²) in [7, 11) is 1.69. The Labute approximate surface area is 172 Å². The van der Waals surface area contributed by atoms with E-state index < -0.39 is 4.92 Å². The number of carbonyl (C=O) groups is 1. The van der Waals surface area contributed by atoms with Crippen LogP contribution in [0.25, 0.3) is 0 Å². The number of benzene rings is 2. The average molecular weight is 408 g/mol. The summed E-state index contributed by atoms with van der Waals surface area (Å²) in [5, 5.41) is 11.9. The molecule has 0 aliphatic carbocycles. The van der Waals surface area contributed by atoms with E-state index in [4.69, 9.17) is 0 Å². The van der Waals surface area contributed by atoms with Crippen LogP contribution in [0.3, 0.4) is 0 Å². The second kappa shape index (κ2) is 7.70. The zero-order valence-electron chi connectivity index (χ0n) is 16.7. The number of aryl methyl sites for hydroxylation is 1. The maximum absolute atomic E-state index is 13.8. The number of rotatable bonds is 5. The Balaban J connectivity index is 1.75. The molecular weight excluding hydrogens is 387 g/mol. The van der Waals surface area contributed by atoms with Gasteiger partial charge in [0.2, 0.25) is 5.78 Å². The van der Waals surface area contributed by atoms with E-state index in [9.17, 15) is 19.3 Å². The van der Waals surface area contributed by atoms with Gasteiger partial charge >= 0.3 is 0 Å². The summed E-state index contributed by atoms with van der Waals surface area (Å²) >= 11 is 0. The Bertz CT molecular complexity index is 1130. The lowest BCUT2D eigenvalue weighted by atomic mass is 9.95. The van der Waals surface area contributed by atoms with Gasteiger partial charge in [-0.25, -0.2) is 9.37 Å². The topological polar surface area (TPSA) is 81.3 Å². The molecule has 3 aromatic rings. The lowest BCUT2D eigenvalue weighted by Gasteiger charge is -2.29. The molecule has 0 N–H and O–H groups in total. The predicted octanol–water partition coefficient (Wildman–Crippen LogP) is 4.29. The van der Waals surface area contributed by atoms with E-state index in [-0.39, 0.29) is 40.6 Å². The van der Waals surface area contributed by atoms with Crippen LogP contribution in [0.15, 0.2) is 54.9 Å². The van der Waals surface area contributed by atoms with Gasteiger partial charge < -0.3 is 9.47 Å². The first-order chi connectivity index (χ1) is 14.4. The molecule has 1 aliphatic rings. The van der Waals surface area contributed by atoms with Gasteiger partial charge in [-0.1, -0.05) is 19.1 Å². The number of carbonyl (C=O) groups excluding carboxylic acids is 1. The van der Waals surface area contributed by atoms with Crippen LogP contribution in [0.2, 0.25) is 0 Å². The summed E-state index contributed by atoms with van der Waals surface area (Å²) in [6, 6.07) is 10.7. The summed E-state index contributed by atoms with van der Waals surface area (Å²) in [6.45, 7) is 2.66. The van der Waals surface area contributed by atoms with Crippen molar-refractivity contribution in [1.29, 1.82) is 0 Å². The monoisotopic (exact) mass is 408 g/mol. The molecule has 154 valence electrons. The normalized spacial score (nSPS) is 18.6. The molecule has 0 amide bonds. The highest BCUT2D eigenvalue weighted by Crippen LogP contribution is 2.43. The van der Waals surface area contributed by atoms with Crippen molar-refractivity contribution in [2.45, 2.75) is 19.4 Å². The van der Waals surface area contributed by atoms with Gasteiger partial charge in [-0.2, -0.15) is 0 Å². The van der Waals surface area contributed by atoms with Gasteiger partial charge in [0.25, 0.3) is 5.69 Å². The molecule has 0 saturated carbocycles. The molecule has 0 spiro atoms. The number of nitro groups is 1. The molecule has 1 aliphatic heterocycles. The van der Waals surface area contributed by atoms with Crippen LogP contribution in [0.4, 0.5) is 15.8 Å². The van der Waals surface area contributed by atoms with E-state index in [1.165, 1.54) is 24.4 Å². The zero-order valence-corrected chi connectivity index (χ0v) is 16.7. The third-order valence-electron chi connectivity index (χ3n) is 5.66. The fourth-order valence-electron chi connectivity index (χ4n) is 4.18. The van der Waals surface area contributed by atoms with Crippen LogP contribution in [0.1, 0.15) is 41.1 Å². The number of hydrogen-bond acceptors (Lipinski definition) is 5. The van der Waals surface area contributed by atoms with E-state index in [1.54, 1.807) is 36.0 Å². The van der Waals surface area contributed by atoms with Crippen LogP contribution in [0.5, 0.6) is 0 Å². The van der Waals surface area contributed by atoms with Gasteiger partial charge in [-0.05, 0) is 42.2 Å². The van der Waals surface area contributed by atoms with Crippen LogP contribution in [0, 0.1) is 21.8 Å². The molecule has 1 aromatic heterocycles. The van der Waals surface area contributed by atoms with Crippen molar-refractivity contribution in [3.63, 3.8) is 0 Å². The van der Waals surface area contributed by atoms with Gasteiger partial charge in [0.1, 0.15) is 11.5 Å². The van der Waals surface area contributed by atoms with Crippen molar-refractivity contribution >= 4 is 17.2 Å². The molecule has 30 heavy (non-hydrogen) atoms. The number of nitro benzene ring substituents is 1. The van der Waals surface area contributed by atoms with Crippen LogP contribution in [-0.4, -0.2) is 26.8 Å². The third-order valence-corrected chi connectivity index (χ3v) is 5.66. The first-order valence-corrected chi connectivity index (χ1v) is 9.69. The number of aromatic nitrogens is 2. The summed E-state index contributed by atoms with van der Waals surface area (Å²) < 4.78 is 15.4. The highest BCUT2D eigenvalue weighted by Gasteiger charge is 2.36. The van der Waals surface area contributed by atoms with Gasteiger partial charge in [0, 0.05) is 37.6 Å². The summed E-state index contributed by atoms with van der Waals surface area (Å²) in [4.78, 5) is 30.1. The lowest BCUT2D eigenvalue weighted by Crippen LogP contribution is -2.25. The van der Waals surface area contributed by atoms with Gasteiger partial charge in [0.15, 0.2) is 5.82 Å². The second-order valence-corrected chi connectivity index (χ2v) is 7.61. The van der Waals surface area contributed by atoms with E-state index in [0.29, 0.717) is 12.2 Å². The highest BCUT2D eigenvalue weighted by atomic mass is 19.1. The van der Waals surface area contributed by atoms with Gasteiger partial charge in [-0.3, -0.25) is 14.9 Å². The molecule has 2 unspecified atom stereocenters. The van der Waals surface area contributed by atoms with E-state index in [2.05, 4.69) is 11.9 Å². The van der Waals surface area contributed by atoms with Crippen LogP contribution < -0.4 is 4.90 Å². The Kier molecular flexibility index (Phi) is 5.07. The fraction of sp³-hybridized carbons (Fsp3) is 0.273. The maximum Gasteiger partial charge on any atom is 0.293 e. The van der Waals surface area contributed by atoms with Crippen LogP contribution in [-0.2, 0) is 7.05 Å². The molecule has 0 bridgehead atoms. The largest absolute Gasteiger partial charge is 0.359 e. The van der Waals surface area contributed by atoms with Crippen molar-refractivity contribution in [3.05, 3.63) is 87.7 Å². The number of hydrogen-bond donors (Lipinski definition) is 0. The minimum atomic E-state index is -0.476. The van der Waals surface area contributed by atoms with Crippen LogP contribution >= 0.6 is 0 Å². The number of imidazole rings is 1. The number of nitrogens with zero attached hydrogens (tertiary/aromatic N) is 4. The van der Waals surface area contributed by atoms with Crippen molar-refractivity contribution in [2.24, 2.45) is 13.0 Å². The van der Waals surface area contributed by atoms with E-state index in [0.717, 1.165) is 12.0 Å². The molecule has 0 radical (unpaired) electrons. The Hall–Kier alpha value is -3.55. The molecule has 8 heteroatoms. The molecule has 4 rings (SSSR count). The minimum Gasteiger partial charge on any atom is -0.359 e. The number of halogens is 1. The van der Waals surface area contributed by atoms with Gasteiger partial charge in [0.05, 0.1) is 11.0 Å². The Morgan fingerprint density at radius 1 is 1.27 bits per heavy atom. The summed E-state index contributed by atoms with van der Waals surface area (Å²) in [6.07, 6.45) is 3.97. The smallest absolute Gasteiger partial charge is 0.293 e. The molecule has 2 atom stereocenters. The third kappa shape index (κ3) is 3.45. The molecule has 7 nitrogen and oxygen atoms in total. The first kappa shape index (κ1) is 19.8. The quantitative estimate of drug-likeness (QED) is 0.357. The lowest BCUT2D eigenvalue weighted by molar-refractivity contribution is -0.384. The number of ketones is 1. The van der Waals surface area contributed by atoms with Crippen molar-refractivity contribution in [2.75, 3.05) is 11.4 Å². The van der Waals surface area contributed by atoms with Gasteiger partial charge in [-0.15, -0.1) is 0 Å². The van der Waals surface area contributed by atoms with Crippen molar-refractivity contribution in [1.82, 2.24) is 9.55 Å². The minimum absolute atomic E-state index is 0.148. The first-order valence-electron chi connectivity index (χ1n) is 9.69. The number of anilines is 1. The maximum atomic E-state index is 13.8. The Morgan fingerprint density at radius 3 is 2.73 bits per heavy atom. The second-order valence-electron chi connectivity index (χ2n) is 7.61. The van der Waals surface area contributed by atoms with Crippen molar-refractivity contribution < 1.29 is 14.1 Å². The zero-order chi connectivity index (χ0) is 21.4. The average Bonchev–Trinajstić information content (AvgIpc) is 3.32. The summed E-state index contributed by atoms with van der Waals surface area (Å²) in [5.41, 5.74) is 1.26. The molecule has 1 saturated heterocycles. The Morgan fingerprint density at radius 2 is 2.07 bits per heavy atom. The highest BCUT2D eigenvalue weighted by molar-refractivity contribution is 6.07. The predicted molar refractivity (Wildman–Crippen MR) is 110 cm³/mol. The fourth-order valence-corrected chi connectivity index (χ4v) is 4.18. The van der Waals surface area contributed by atoms with Crippen molar-refractivity contribution in [3.8, 4) is 0 Å². The standard InChI is InChI=1S/C22H21FN4O3/c1-14-8-10-26(20(14)15-4-3-5-17(23)12-15)18-7-6-16(13-19(18)27(29)30)21(28)22-24-9-11-25(22)2/h3-7,9,11-14,20H,8,10H2,1-2H3. The van der Waals surface area contributed by atoms with E-state index >= 15 is 0 Å². The molecular formula is C22H21FN4O3. The summed E-state index contributed by atoms with van der Waals surface area (Å²) in [5.74, 6) is -0.310. The SMILES string of the molecule is CC1CCN(c2ccc(C(=O)c3nccn3C)cc2[N+](=O)[O-])C1c1cccc(F)c1.